The maximum atomic E-state index is 11.1. The van der Waals surface area contributed by atoms with Crippen molar-refractivity contribution in [1.82, 2.24) is 4.90 Å². The molecule has 7 nitrogen and oxygen atoms in total. The highest BCUT2D eigenvalue weighted by molar-refractivity contribution is 5.75. The van der Waals surface area contributed by atoms with Crippen molar-refractivity contribution in [2.45, 2.75) is 38.1 Å². The molecule has 1 amide bonds. The minimum Gasteiger partial charge on any atom is -0.491 e. The van der Waals surface area contributed by atoms with Gasteiger partial charge in [-0.3, -0.25) is 9.69 Å². The first-order chi connectivity index (χ1) is 16.9. The van der Waals surface area contributed by atoms with E-state index in [1.54, 1.807) is 12.1 Å². The molecular weight excluding hydrogens is 444 g/mol. The van der Waals surface area contributed by atoms with Crippen molar-refractivity contribution in [2.24, 2.45) is 5.73 Å². The number of aliphatic hydroxyl groups is 2. The molecule has 4 N–H and O–H groups in total. The third-order valence-electron chi connectivity index (χ3n) is 5.65. The zero-order valence-corrected chi connectivity index (χ0v) is 20.0. The van der Waals surface area contributed by atoms with Gasteiger partial charge in [0.05, 0.1) is 0 Å². The van der Waals surface area contributed by atoms with E-state index < -0.39 is 18.2 Å². The van der Waals surface area contributed by atoms with E-state index in [0.717, 1.165) is 11.1 Å². The standard InChI is InChI=1S/C28H34N2O5/c1-21(16-23-12-14-26(15-13-23)35-20-27(29)32)30(28(33)17-22-8-4-2-5-9-22)18-24(31)19-34-25-10-6-3-7-11-25/h2-15,21,24,28,31,33H,16-20H2,1H3,(H2,29,32)/t21-,24+,28-/m1/s1. The highest BCUT2D eigenvalue weighted by atomic mass is 16.5. The number of aliphatic hydroxyl groups excluding tert-OH is 2. The van der Waals surface area contributed by atoms with Crippen molar-refractivity contribution in [2.75, 3.05) is 19.8 Å². The molecule has 3 aromatic carbocycles. The van der Waals surface area contributed by atoms with Gasteiger partial charge in [-0.1, -0.05) is 60.7 Å². The zero-order valence-electron chi connectivity index (χ0n) is 20.0. The number of carbonyl (C=O) groups is 1. The van der Waals surface area contributed by atoms with Crippen LogP contribution in [0.1, 0.15) is 18.1 Å². The summed E-state index contributed by atoms with van der Waals surface area (Å²) in [5.41, 5.74) is 7.18. The van der Waals surface area contributed by atoms with E-state index in [1.165, 1.54) is 0 Å². The first-order valence-corrected chi connectivity index (χ1v) is 11.7. The van der Waals surface area contributed by atoms with Gasteiger partial charge in [0, 0.05) is 19.0 Å². The Balaban J connectivity index is 1.65. The summed E-state index contributed by atoms with van der Waals surface area (Å²) in [5.74, 6) is 0.727. The molecule has 0 spiro atoms. The van der Waals surface area contributed by atoms with Gasteiger partial charge in [0.15, 0.2) is 6.61 Å². The number of ether oxygens (including phenoxy) is 2. The smallest absolute Gasteiger partial charge is 0.255 e. The van der Waals surface area contributed by atoms with Crippen molar-refractivity contribution in [3.05, 3.63) is 96.1 Å². The van der Waals surface area contributed by atoms with Crippen LogP contribution in [-0.4, -0.2) is 59.2 Å². The van der Waals surface area contributed by atoms with Crippen LogP contribution >= 0.6 is 0 Å². The number of hydrogen-bond acceptors (Lipinski definition) is 6. The SMILES string of the molecule is C[C@H](Cc1ccc(OCC(N)=O)cc1)N(C[C@H](O)COc1ccccc1)[C@H](O)Cc1ccccc1. The van der Waals surface area contributed by atoms with Gasteiger partial charge in [-0.25, -0.2) is 0 Å². The van der Waals surface area contributed by atoms with Gasteiger partial charge in [0.1, 0.15) is 30.4 Å². The molecular formula is C28H34N2O5. The predicted octanol–water partition coefficient (Wildman–Crippen LogP) is 2.78. The molecule has 0 aliphatic heterocycles. The van der Waals surface area contributed by atoms with Crippen molar-refractivity contribution >= 4 is 5.91 Å². The lowest BCUT2D eigenvalue weighted by Crippen LogP contribution is -2.48. The van der Waals surface area contributed by atoms with Gasteiger partial charge in [0.25, 0.3) is 5.91 Å². The van der Waals surface area contributed by atoms with Crippen LogP contribution in [0.4, 0.5) is 0 Å². The lowest BCUT2D eigenvalue weighted by atomic mass is 10.0. The monoisotopic (exact) mass is 478 g/mol. The fourth-order valence-electron chi connectivity index (χ4n) is 3.88. The molecule has 0 bridgehead atoms. The highest BCUT2D eigenvalue weighted by Crippen LogP contribution is 2.18. The number of carbonyl (C=O) groups excluding carboxylic acids is 1. The van der Waals surface area contributed by atoms with Crippen LogP contribution in [0.25, 0.3) is 0 Å². The van der Waals surface area contributed by atoms with Gasteiger partial charge in [0.2, 0.25) is 0 Å². The molecule has 0 aromatic heterocycles. The van der Waals surface area contributed by atoms with E-state index in [-0.39, 0.29) is 25.8 Å². The second kappa shape index (κ2) is 13.5. The Bertz CT molecular complexity index is 1010. The minimum atomic E-state index is -0.785. The molecule has 0 unspecified atom stereocenters. The average molecular weight is 479 g/mol. The summed E-state index contributed by atoms with van der Waals surface area (Å²) in [5, 5.41) is 21.8. The lowest BCUT2D eigenvalue weighted by Gasteiger charge is -2.35. The number of primary amides is 1. The summed E-state index contributed by atoms with van der Waals surface area (Å²) in [7, 11) is 0. The molecule has 0 fully saturated rings. The van der Waals surface area contributed by atoms with Crippen molar-refractivity contribution in [3.8, 4) is 11.5 Å². The summed E-state index contributed by atoms with van der Waals surface area (Å²) < 4.78 is 11.0. The number of benzene rings is 3. The summed E-state index contributed by atoms with van der Waals surface area (Å²) in [6.07, 6.45) is -0.476. The van der Waals surface area contributed by atoms with E-state index in [1.807, 2.05) is 84.6 Å². The molecule has 0 aliphatic rings. The molecule has 35 heavy (non-hydrogen) atoms. The molecule has 7 heteroatoms. The Morgan fingerprint density at radius 1 is 0.829 bits per heavy atom. The van der Waals surface area contributed by atoms with Gasteiger partial charge in [-0.15, -0.1) is 0 Å². The van der Waals surface area contributed by atoms with Crippen LogP contribution in [0.2, 0.25) is 0 Å². The summed E-state index contributed by atoms with van der Waals surface area (Å²) in [4.78, 5) is 12.8. The highest BCUT2D eigenvalue weighted by Gasteiger charge is 2.25. The number of nitrogens with two attached hydrogens (primary N) is 1. The minimum absolute atomic E-state index is 0.0718. The van der Waals surface area contributed by atoms with Gasteiger partial charge < -0.3 is 25.4 Å². The summed E-state index contributed by atoms with van der Waals surface area (Å²) >= 11 is 0. The van der Waals surface area contributed by atoms with Crippen LogP contribution in [-0.2, 0) is 17.6 Å². The van der Waals surface area contributed by atoms with Gasteiger partial charge in [-0.05, 0) is 48.7 Å². The average Bonchev–Trinajstić information content (AvgIpc) is 2.86. The molecule has 3 aromatic rings. The third kappa shape index (κ3) is 9.05. The zero-order chi connectivity index (χ0) is 25.0. The third-order valence-corrected chi connectivity index (χ3v) is 5.65. The molecule has 0 aliphatic carbocycles. The lowest BCUT2D eigenvalue weighted by molar-refractivity contribution is -0.119. The molecule has 3 atom stereocenters. The Labute approximate surface area is 206 Å². The van der Waals surface area contributed by atoms with Crippen molar-refractivity contribution in [3.63, 3.8) is 0 Å². The molecule has 186 valence electrons. The van der Waals surface area contributed by atoms with Crippen LogP contribution in [0.5, 0.6) is 11.5 Å². The van der Waals surface area contributed by atoms with Gasteiger partial charge in [-0.2, -0.15) is 0 Å². The van der Waals surface area contributed by atoms with E-state index in [2.05, 4.69) is 0 Å². The first-order valence-electron chi connectivity index (χ1n) is 11.7. The Hall–Kier alpha value is -3.39. The van der Waals surface area contributed by atoms with E-state index in [4.69, 9.17) is 15.2 Å². The van der Waals surface area contributed by atoms with Crippen molar-refractivity contribution < 1.29 is 24.5 Å². The number of rotatable bonds is 14. The van der Waals surface area contributed by atoms with Gasteiger partial charge >= 0.3 is 0 Å². The maximum absolute atomic E-state index is 11.1. The summed E-state index contributed by atoms with van der Waals surface area (Å²) in [6.45, 7) is 2.23. The predicted molar refractivity (Wildman–Crippen MR) is 135 cm³/mol. The largest absolute Gasteiger partial charge is 0.491 e. The normalized spacial score (nSPS) is 13.7. The van der Waals surface area contributed by atoms with Crippen LogP contribution in [0.15, 0.2) is 84.9 Å². The molecule has 0 saturated carbocycles. The quantitative estimate of drug-likeness (QED) is 0.308. The molecule has 3 rings (SSSR count). The Kier molecular flexibility index (Phi) is 10.1. The number of nitrogens with zero attached hydrogens (tertiary/aromatic N) is 1. The fourth-order valence-corrected chi connectivity index (χ4v) is 3.88. The van der Waals surface area contributed by atoms with Crippen LogP contribution in [0.3, 0.4) is 0 Å². The second-order valence-corrected chi connectivity index (χ2v) is 8.60. The summed E-state index contributed by atoms with van der Waals surface area (Å²) in [6, 6.07) is 26.5. The Morgan fingerprint density at radius 2 is 1.40 bits per heavy atom. The maximum Gasteiger partial charge on any atom is 0.255 e. The van der Waals surface area contributed by atoms with E-state index in [9.17, 15) is 15.0 Å². The Morgan fingerprint density at radius 3 is 2.03 bits per heavy atom. The topological polar surface area (TPSA) is 105 Å². The molecule has 0 saturated heterocycles. The molecule has 0 heterocycles. The van der Waals surface area contributed by atoms with E-state index in [0.29, 0.717) is 24.3 Å². The first kappa shape index (κ1) is 26.2. The second-order valence-electron chi connectivity index (χ2n) is 8.60. The number of para-hydroxylation sites is 1. The molecule has 0 radical (unpaired) electrons. The van der Waals surface area contributed by atoms with Crippen LogP contribution < -0.4 is 15.2 Å². The van der Waals surface area contributed by atoms with E-state index >= 15 is 0 Å². The number of amides is 1. The van der Waals surface area contributed by atoms with Crippen LogP contribution in [0, 0.1) is 0 Å². The fraction of sp³-hybridized carbons (Fsp3) is 0.321. The number of hydrogen-bond donors (Lipinski definition) is 3. The van der Waals surface area contributed by atoms with Crippen molar-refractivity contribution in [1.29, 1.82) is 0 Å².